The quantitative estimate of drug-likeness (QED) is 0.760. The number of anilines is 1. The topological polar surface area (TPSA) is 88.2 Å². The number of piperidine rings is 1. The lowest BCUT2D eigenvalue weighted by atomic mass is 9.99. The van der Waals surface area contributed by atoms with E-state index in [-0.39, 0.29) is 12.5 Å². The molecule has 1 N–H and O–H groups in total. The van der Waals surface area contributed by atoms with Gasteiger partial charge < -0.3 is 14.5 Å². The van der Waals surface area contributed by atoms with Gasteiger partial charge in [-0.15, -0.1) is 0 Å². The van der Waals surface area contributed by atoms with E-state index >= 15 is 0 Å². The van der Waals surface area contributed by atoms with Crippen molar-refractivity contribution in [1.82, 2.24) is 20.1 Å². The second-order valence-electron chi connectivity index (χ2n) is 7.04. The molecule has 0 unspecified atom stereocenters. The Hall–Kier alpha value is -2.80. The summed E-state index contributed by atoms with van der Waals surface area (Å²) in [6.45, 7) is 5.71. The van der Waals surface area contributed by atoms with Crippen LogP contribution in [0.25, 0.3) is 22.6 Å². The van der Waals surface area contributed by atoms with Gasteiger partial charge in [-0.2, -0.15) is 0 Å². The highest BCUT2D eigenvalue weighted by molar-refractivity contribution is 5.79. The number of hydrogen-bond acceptors (Lipinski definition) is 7. The molecule has 3 aromatic rings. The predicted octanol–water partition coefficient (Wildman–Crippen LogP) is 3.02. The largest absolute Gasteiger partial charge is 0.396 e. The molecule has 0 aromatic carbocycles. The first kappa shape index (κ1) is 17.6. The Balaban J connectivity index is 1.80. The van der Waals surface area contributed by atoms with Gasteiger partial charge in [-0.05, 0) is 44.7 Å². The van der Waals surface area contributed by atoms with Gasteiger partial charge in [0.25, 0.3) is 0 Å². The zero-order valence-corrected chi connectivity index (χ0v) is 15.6. The summed E-state index contributed by atoms with van der Waals surface area (Å²) in [7, 11) is 0. The molecule has 1 saturated heterocycles. The predicted molar refractivity (Wildman–Crippen MR) is 102 cm³/mol. The number of aliphatic hydroxyl groups excluding tert-OH is 1. The van der Waals surface area contributed by atoms with Crippen LogP contribution in [-0.2, 0) is 0 Å². The van der Waals surface area contributed by atoms with Gasteiger partial charge >= 0.3 is 0 Å². The zero-order valence-electron chi connectivity index (χ0n) is 15.6. The first-order chi connectivity index (χ1) is 13.2. The smallest absolute Gasteiger partial charge is 0.225 e. The molecule has 4 heterocycles. The maximum atomic E-state index is 9.52. The van der Waals surface area contributed by atoms with Crippen LogP contribution < -0.4 is 4.90 Å². The number of rotatable bonds is 4. The number of aryl methyl sites for hydroxylation is 2. The Kier molecular flexibility index (Phi) is 4.85. The minimum absolute atomic E-state index is 0.195. The lowest BCUT2D eigenvalue weighted by molar-refractivity contribution is 0.208. The highest BCUT2D eigenvalue weighted by Crippen LogP contribution is 2.33. The van der Waals surface area contributed by atoms with Gasteiger partial charge in [-0.1, -0.05) is 5.16 Å². The minimum Gasteiger partial charge on any atom is -0.396 e. The number of aliphatic hydroxyl groups is 1. The van der Waals surface area contributed by atoms with Crippen molar-refractivity contribution in [3.8, 4) is 22.6 Å². The van der Waals surface area contributed by atoms with Gasteiger partial charge in [0.15, 0.2) is 5.76 Å². The van der Waals surface area contributed by atoms with E-state index in [0.29, 0.717) is 11.7 Å². The SMILES string of the molecule is Cc1cc(-c2cnc(N3CCC[C@@H](CO)C3)nc2-c2cccnc2C)on1. The van der Waals surface area contributed by atoms with Gasteiger partial charge in [-0.3, -0.25) is 4.98 Å². The molecule has 1 aliphatic heterocycles. The van der Waals surface area contributed by atoms with Crippen LogP contribution in [0.3, 0.4) is 0 Å². The maximum absolute atomic E-state index is 9.52. The molecule has 1 fully saturated rings. The monoisotopic (exact) mass is 365 g/mol. The van der Waals surface area contributed by atoms with Crippen LogP contribution in [0.2, 0.25) is 0 Å². The third kappa shape index (κ3) is 3.55. The number of pyridine rings is 1. The summed E-state index contributed by atoms with van der Waals surface area (Å²) in [6, 6.07) is 5.80. The molecule has 1 atom stereocenters. The summed E-state index contributed by atoms with van der Waals surface area (Å²) in [5.41, 5.74) is 4.23. The average Bonchev–Trinajstić information content (AvgIpc) is 3.14. The van der Waals surface area contributed by atoms with Crippen LogP contribution in [0.4, 0.5) is 5.95 Å². The highest BCUT2D eigenvalue weighted by Gasteiger charge is 2.23. The lowest BCUT2D eigenvalue weighted by Crippen LogP contribution is -2.37. The Morgan fingerprint density at radius 3 is 2.89 bits per heavy atom. The number of hydrogen-bond donors (Lipinski definition) is 1. The van der Waals surface area contributed by atoms with E-state index in [2.05, 4.69) is 20.0 Å². The fourth-order valence-corrected chi connectivity index (χ4v) is 3.53. The van der Waals surface area contributed by atoms with Gasteiger partial charge in [0.2, 0.25) is 5.95 Å². The number of aromatic nitrogens is 4. The summed E-state index contributed by atoms with van der Waals surface area (Å²) in [5, 5.41) is 13.5. The summed E-state index contributed by atoms with van der Waals surface area (Å²) < 4.78 is 5.48. The molecular weight excluding hydrogens is 342 g/mol. The molecule has 0 spiro atoms. The molecule has 7 heteroatoms. The van der Waals surface area contributed by atoms with Gasteiger partial charge in [0, 0.05) is 49.4 Å². The van der Waals surface area contributed by atoms with E-state index in [9.17, 15) is 5.11 Å². The Morgan fingerprint density at radius 1 is 1.26 bits per heavy atom. The summed E-state index contributed by atoms with van der Waals surface area (Å²) in [5.74, 6) is 1.58. The molecule has 0 radical (unpaired) electrons. The third-order valence-electron chi connectivity index (χ3n) is 4.99. The van der Waals surface area contributed by atoms with Crippen LogP contribution in [0.15, 0.2) is 35.1 Å². The van der Waals surface area contributed by atoms with Gasteiger partial charge in [-0.25, -0.2) is 9.97 Å². The minimum atomic E-state index is 0.195. The second-order valence-corrected chi connectivity index (χ2v) is 7.04. The van der Waals surface area contributed by atoms with Crippen molar-refractivity contribution in [2.75, 3.05) is 24.6 Å². The summed E-state index contributed by atoms with van der Waals surface area (Å²) in [6.07, 6.45) is 5.64. The lowest BCUT2D eigenvalue weighted by Gasteiger charge is -2.32. The zero-order chi connectivity index (χ0) is 18.8. The summed E-state index contributed by atoms with van der Waals surface area (Å²) in [4.78, 5) is 16.0. The average molecular weight is 365 g/mol. The molecule has 0 saturated carbocycles. The van der Waals surface area contributed by atoms with E-state index < -0.39 is 0 Å². The van der Waals surface area contributed by atoms with Gasteiger partial charge in [0.1, 0.15) is 0 Å². The van der Waals surface area contributed by atoms with Crippen molar-refractivity contribution in [3.05, 3.63) is 42.0 Å². The van der Waals surface area contributed by atoms with Crippen LogP contribution in [0.1, 0.15) is 24.2 Å². The van der Waals surface area contributed by atoms with Gasteiger partial charge in [0.05, 0.1) is 17.0 Å². The Labute approximate surface area is 158 Å². The van der Waals surface area contributed by atoms with Crippen molar-refractivity contribution >= 4 is 5.95 Å². The van der Waals surface area contributed by atoms with Crippen LogP contribution in [0, 0.1) is 19.8 Å². The molecule has 27 heavy (non-hydrogen) atoms. The molecule has 4 rings (SSSR count). The number of nitrogens with zero attached hydrogens (tertiary/aromatic N) is 5. The van der Waals surface area contributed by atoms with Crippen LogP contribution in [0.5, 0.6) is 0 Å². The third-order valence-corrected chi connectivity index (χ3v) is 4.99. The summed E-state index contributed by atoms with van der Waals surface area (Å²) >= 11 is 0. The Bertz CT molecular complexity index is 940. The molecule has 140 valence electrons. The first-order valence-corrected chi connectivity index (χ1v) is 9.24. The normalized spacial score (nSPS) is 17.3. The first-order valence-electron chi connectivity index (χ1n) is 9.24. The van der Waals surface area contributed by atoms with Crippen molar-refractivity contribution in [2.45, 2.75) is 26.7 Å². The van der Waals surface area contributed by atoms with Crippen molar-refractivity contribution < 1.29 is 9.63 Å². The molecular formula is C20H23N5O2. The van der Waals surface area contributed by atoms with Crippen LogP contribution >= 0.6 is 0 Å². The van der Waals surface area contributed by atoms with Crippen molar-refractivity contribution in [2.24, 2.45) is 5.92 Å². The fraction of sp³-hybridized carbons (Fsp3) is 0.400. The highest BCUT2D eigenvalue weighted by atomic mass is 16.5. The van der Waals surface area contributed by atoms with E-state index in [1.165, 1.54) is 0 Å². The molecule has 0 aliphatic carbocycles. The molecule has 3 aromatic heterocycles. The van der Waals surface area contributed by atoms with Crippen molar-refractivity contribution in [1.29, 1.82) is 0 Å². The molecule has 0 amide bonds. The standard InChI is InChI=1S/C20H23N5O2/c1-13-9-18(27-24-13)17-10-22-20(25-8-4-5-15(11-25)12-26)23-19(17)16-6-3-7-21-14(16)2/h3,6-7,9-10,15,26H,4-5,8,11-12H2,1-2H3/t15-/m1/s1. The second kappa shape index (κ2) is 7.44. The molecule has 1 aliphatic rings. The van der Waals surface area contributed by atoms with E-state index in [0.717, 1.165) is 54.1 Å². The van der Waals surface area contributed by atoms with Crippen molar-refractivity contribution in [3.63, 3.8) is 0 Å². The Morgan fingerprint density at radius 2 is 2.15 bits per heavy atom. The van der Waals surface area contributed by atoms with Crippen LogP contribution in [-0.4, -0.2) is 44.9 Å². The molecule has 7 nitrogen and oxygen atoms in total. The van der Waals surface area contributed by atoms with E-state index in [1.807, 2.05) is 32.0 Å². The van der Waals surface area contributed by atoms with E-state index in [1.54, 1.807) is 12.4 Å². The molecule has 0 bridgehead atoms. The maximum Gasteiger partial charge on any atom is 0.225 e. The van der Waals surface area contributed by atoms with E-state index in [4.69, 9.17) is 9.51 Å². The fourth-order valence-electron chi connectivity index (χ4n) is 3.53.